The second-order valence-electron chi connectivity index (χ2n) is 6.82. The first kappa shape index (κ1) is 19.6. The number of carbonyl (C=O) groups excluding carboxylic acids is 1. The number of thiazole rings is 1. The SMILES string of the molecule is COc1ccc(C)c2sc(N(Cc3ccccc3)C(=O)c3ccc(C#N)cc3)nc12. The summed E-state index contributed by atoms with van der Waals surface area (Å²) in [4.78, 5) is 19.9. The van der Waals surface area contributed by atoms with E-state index in [4.69, 9.17) is 15.0 Å². The zero-order valence-electron chi connectivity index (χ0n) is 16.6. The van der Waals surface area contributed by atoms with Gasteiger partial charge in [0.25, 0.3) is 5.91 Å². The van der Waals surface area contributed by atoms with Crippen LogP contribution >= 0.6 is 11.3 Å². The van der Waals surface area contributed by atoms with Crippen LogP contribution in [0.2, 0.25) is 0 Å². The van der Waals surface area contributed by atoms with Crippen molar-refractivity contribution in [2.75, 3.05) is 12.0 Å². The summed E-state index contributed by atoms with van der Waals surface area (Å²) in [6.07, 6.45) is 0. The molecule has 0 atom stereocenters. The predicted octanol–water partition coefficient (Wildman–Crippen LogP) is 5.33. The summed E-state index contributed by atoms with van der Waals surface area (Å²) in [6.45, 7) is 2.41. The van der Waals surface area contributed by atoms with E-state index in [0.717, 1.165) is 21.3 Å². The molecule has 0 aliphatic heterocycles. The fraction of sp³-hybridized carbons (Fsp3) is 0.125. The molecule has 0 radical (unpaired) electrons. The molecule has 0 spiro atoms. The lowest BCUT2D eigenvalue weighted by atomic mass is 10.1. The van der Waals surface area contributed by atoms with E-state index in [1.54, 1.807) is 36.3 Å². The van der Waals surface area contributed by atoms with Gasteiger partial charge in [0.15, 0.2) is 5.13 Å². The summed E-state index contributed by atoms with van der Waals surface area (Å²) < 4.78 is 6.47. The number of amides is 1. The highest BCUT2D eigenvalue weighted by atomic mass is 32.1. The molecule has 0 aliphatic rings. The molecule has 0 saturated heterocycles. The van der Waals surface area contributed by atoms with E-state index in [1.807, 2.05) is 49.4 Å². The number of nitriles is 1. The van der Waals surface area contributed by atoms with Crippen molar-refractivity contribution in [1.29, 1.82) is 5.26 Å². The van der Waals surface area contributed by atoms with Crippen LogP contribution in [0.5, 0.6) is 5.75 Å². The number of nitrogens with zero attached hydrogens (tertiary/aromatic N) is 3. The lowest BCUT2D eigenvalue weighted by molar-refractivity contribution is 0.0985. The number of methoxy groups -OCH3 is 1. The van der Waals surface area contributed by atoms with Crippen LogP contribution in [0.1, 0.15) is 27.0 Å². The van der Waals surface area contributed by atoms with E-state index in [1.165, 1.54) is 11.3 Å². The van der Waals surface area contributed by atoms with Crippen LogP contribution in [0.3, 0.4) is 0 Å². The molecule has 4 rings (SSSR count). The van der Waals surface area contributed by atoms with Crippen molar-refractivity contribution in [2.24, 2.45) is 0 Å². The maximum absolute atomic E-state index is 13.4. The van der Waals surface area contributed by atoms with Crippen molar-refractivity contribution >= 4 is 32.6 Å². The van der Waals surface area contributed by atoms with Crippen LogP contribution in [0.15, 0.2) is 66.7 Å². The normalized spacial score (nSPS) is 10.6. The van der Waals surface area contributed by atoms with Gasteiger partial charge < -0.3 is 4.74 Å². The van der Waals surface area contributed by atoms with Crippen molar-refractivity contribution in [1.82, 2.24) is 4.98 Å². The Morgan fingerprint density at radius 1 is 1.10 bits per heavy atom. The predicted molar refractivity (Wildman–Crippen MR) is 119 cm³/mol. The second kappa shape index (κ2) is 8.36. The molecule has 3 aromatic carbocycles. The van der Waals surface area contributed by atoms with Gasteiger partial charge in [-0.3, -0.25) is 9.69 Å². The summed E-state index contributed by atoms with van der Waals surface area (Å²) >= 11 is 1.47. The number of hydrogen-bond acceptors (Lipinski definition) is 5. The maximum atomic E-state index is 13.4. The van der Waals surface area contributed by atoms with Crippen molar-refractivity contribution < 1.29 is 9.53 Å². The molecule has 0 N–H and O–H groups in total. The molecule has 0 aliphatic carbocycles. The lowest BCUT2D eigenvalue weighted by Gasteiger charge is -2.20. The highest BCUT2D eigenvalue weighted by molar-refractivity contribution is 7.22. The highest BCUT2D eigenvalue weighted by Gasteiger charge is 2.23. The average Bonchev–Trinajstić information content (AvgIpc) is 3.24. The Labute approximate surface area is 178 Å². The Balaban J connectivity index is 1.80. The van der Waals surface area contributed by atoms with Crippen LogP contribution in [-0.2, 0) is 6.54 Å². The molecule has 0 unspecified atom stereocenters. The Hall–Kier alpha value is -3.69. The Bertz CT molecular complexity index is 1240. The van der Waals surface area contributed by atoms with Gasteiger partial charge in [-0.15, -0.1) is 0 Å². The number of aromatic nitrogens is 1. The minimum Gasteiger partial charge on any atom is -0.494 e. The molecule has 148 valence electrons. The van der Waals surface area contributed by atoms with E-state index in [9.17, 15) is 4.79 Å². The van der Waals surface area contributed by atoms with Gasteiger partial charge in [-0.1, -0.05) is 47.7 Å². The van der Waals surface area contributed by atoms with Gasteiger partial charge in [-0.2, -0.15) is 5.26 Å². The van der Waals surface area contributed by atoms with Gasteiger partial charge in [0.2, 0.25) is 0 Å². The van der Waals surface area contributed by atoms with Crippen LogP contribution in [0, 0.1) is 18.3 Å². The molecule has 1 heterocycles. The first-order valence-electron chi connectivity index (χ1n) is 9.41. The topological polar surface area (TPSA) is 66.2 Å². The minimum atomic E-state index is -0.168. The number of benzene rings is 3. The molecule has 6 heteroatoms. The van der Waals surface area contributed by atoms with Crippen LogP contribution < -0.4 is 9.64 Å². The Morgan fingerprint density at radius 2 is 1.83 bits per heavy atom. The highest BCUT2D eigenvalue weighted by Crippen LogP contribution is 2.37. The number of carbonyl (C=O) groups is 1. The van der Waals surface area contributed by atoms with Gasteiger partial charge in [0.05, 0.1) is 30.0 Å². The molecular formula is C24H19N3O2S. The largest absolute Gasteiger partial charge is 0.494 e. The van der Waals surface area contributed by atoms with Gasteiger partial charge in [0, 0.05) is 5.56 Å². The van der Waals surface area contributed by atoms with Crippen molar-refractivity contribution in [3.63, 3.8) is 0 Å². The monoisotopic (exact) mass is 413 g/mol. The molecule has 30 heavy (non-hydrogen) atoms. The zero-order valence-corrected chi connectivity index (χ0v) is 17.4. The number of fused-ring (bicyclic) bond motifs is 1. The van der Waals surface area contributed by atoms with Crippen molar-refractivity contribution in [2.45, 2.75) is 13.5 Å². The van der Waals surface area contributed by atoms with Gasteiger partial charge in [0.1, 0.15) is 11.3 Å². The molecule has 1 aromatic heterocycles. The van der Waals surface area contributed by atoms with E-state index in [-0.39, 0.29) is 5.91 Å². The van der Waals surface area contributed by atoms with E-state index in [2.05, 4.69) is 6.07 Å². The first-order valence-corrected chi connectivity index (χ1v) is 10.2. The summed E-state index contributed by atoms with van der Waals surface area (Å²) in [5.74, 6) is 0.516. The number of rotatable bonds is 5. The third kappa shape index (κ3) is 3.76. The van der Waals surface area contributed by atoms with Crippen LogP contribution in [-0.4, -0.2) is 18.0 Å². The number of anilines is 1. The molecular weight excluding hydrogens is 394 g/mol. The smallest absolute Gasteiger partial charge is 0.260 e. The molecule has 4 aromatic rings. The maximum Gasteiger partial charge on any atom is 0.260 e. The van der Waals surface area contributed by atoms with Gasteiger partial charge >= 0.3 is 0 Å². The third-order valence-electron chi connectivity index (χ3n) is 4.83. The quantitative estimate of drug-likeness (QED) is 0.443. The van der Waals surface area contributed by atoms with E-state index < -0.39 is 0 Å². The molecule has 0 saturated carbocycles. The summed E-state index contributed by atoms with van der Waals surface area (Å²) in [5, 5.41) is 9.65. The first-order chi connectivity index (χ1) is 14.6. The number of aryl methyl sites for hydroxylation is 1. The average molecular weight is 414 g/mol. The van der Waals surface area contributed by atoms with E-state index >= 15 is 0 Å². The number of hydrogen-bond donors (Lipinski definition) is 0. The minimum absolute atomic E-state index is 0.168. The van der Waals surface area contributed by atoms with Crippen LogP contribution in [0.25, 0.3) is 10.2 Å². The molecule has 0 bridgehead atoms. The van der Waals surface area contributed by atoms with Crippen molar-refractivity contribution in [3.8, 4) is 11.8 Å². The lowest BCUT2D eigenvalue weighted by Crippen LogP contribution is -2.30. The van der Waals surface area contributed by atoms with Crippen molar-refractivity contribution in [3.05, 3.63) is 89.0 Å². The van der Waals surface area contributed by atoms with Crippen LogP contribution in [0.4, 0.5) is 5.13 Å². The third-order valence-corrected chi connectivity index (χ3v) is 6.05. The molecule has 0 fully saturated rings. The summed E-state index contributed by atoms with van der Waals surface area (Å²) in [5.41, 5.74) is 3.86. The molecule has 1 amide bonds. The fourth-order valence-electron chi connectivity index (χ4n) is 3.21. The summed E-state index contributed by atoms with van der Waals surface area (Å²) in [6, 6.07) is 22.4. The standard InChI is InChI=1S/C24H19N3O2S/c1-16-8-13-20(29-2)21-22(16)30-24(26-21)27(15-18-6-4-3-5-7-18)23(28)19-11-9-17(14-25)10-12-19/h3-13H,15H2,1-2H3. The van der Waals surface area contributed by atoms with E-state index in [0.29, 0.717) is 28.6 Å². The summed E-state index contributed by atoms with van der Waals surface area (Å²) in [7, 11) is 1.62. The molecule has 5 nitrogen and oxygen atoms in total. The Kier molecular flexibility index (Phi) is 5.46. The second-order valence-corrected chi connectivity index (χ2v) is 7.80. The van der Waals surface area contributed by atoms with Gasteiger partial charge in [-0.05, 0) is 48.4 Å². The number of ether oxygens (including phenoxy) is 1. The Morgan fingerprint density at radius 3 is 2.50 bits per heavy atom. The zero-order chi connectivity index (χ0) is 21.1. The fourth-order valence-corrected chi connectivity index (χ4v) is 4.26. The van der Waals surface area contributed by atoms with Gasteiger partial charge in [-0.25, -0.2) is 4.98 Å².